The monoisotopic (exact) mass is 433 g/mol. The molecule has 3 rings (SSSR count). The van der Waals surface area contributed by atoms with Gasteiger partial charge in [-0.2, -0.15) is 9.97 Å². The molecule has 0 aromatic carbocycles. The van der Waals surface area contributed by atoms with E-state index in [1.54, 1.807) is 0 Å². The van der Waals surface area contributed by atoms with Crippen molar-refractivity contribution in [2.24, 2.45) is 5.11 Å². The summed E-state index contributed by atoms with van der Waals surface area (Å²) in [6.07, 6.45) is -2.54. The lowest BCUT2D eigenvalue weighted by atomic mass is 10.1. The van der Waals surface area contributed by atoms with E-state index >= 15 is 0 Å². The van der Waals surface area contributed by atoms with Crippen molar-refractivity contribution in [1.82, 2.24) is 19.5 Å². The average molecular weight is 433 g/mol. The summed E-state index contributed by atoms with van der Waals surface area (Å²) in [5.41, 5.74) is 18.9. The van der Waals surface area contributed by atoms with Crippen molar-refractivity contribution in [1.29, 1.82) is 0 Å². The number of nitrogens with two attached hydrogens (primary N) is 2. The third kappa shape index (κ3) is 2.33. The first kappa shape index (κ1) is 15.9. The first-order chi connectivity index (χ1) is 10.9. The SMILES string of the molecule is [N-]=[N+]=N[C@]1(CI)O[C@@H](n2cnc3c(N)nc(N)nc32)[C@H](O)[C@@H]1O. The smallest absolute Gasteiger partial charge is 0.224 e. The molecule has 1 saturated heterocycles. The molecule has 0 aliphatic carbocycles. The maximum absolute atomic E-state index is 10.3. The molecule has 0 spiro atoms. The zero-order valence-electron chi connectivity index (χ0n) is 11.5. The Bertz CT molecular complexity index is 806. The van der Waals surface area contributed by atoms with Gasteiger partial charge in [-0.15, -0.1) is 0 Å². The molecule has 12 nitrogen and oxygen atoms in total. The number of azide groups is 1. The number of halogens is 1. The molecule has 23 heavy (non-hydrogen) atoms. The van der Waals surface area contributed by atoms with Crippen LogP contribution in [0.1, 0.15) is 6.23 Å². The second-order valence-corrected chi connectivity index (χ2v) is 5.67. The van der Waals surface area contributed by atoms with Gasteiger partial charge in [0.25, 0.3) is 0 Å². The Kier molecular flexibility index (Phi) is 3.89. The molecule has 6 N–H and O–H groups in total. The molecular weight excluding hydrogens is 421 g/mol. The van der Waals surface area contributed by atoms with E-state index in [0.29, 0.717) is 0 Å². The number of hydrogen-bond acceptors (Lipinski definition) is 9. The number of anilines is 2. The Morgan fingerprint density at radius 1 is 1.48 bits per heavy atom. The highest BCUT2D eigenvalue weighted by molar-refractivity contribution is 14.1. The second kappa shape index (κ2) is 5.61. The van der Waals surface area contributed by atoms with Gasteiger partial charge in [-0.25, -0.2) is 4.98 Å². The van der Waals surface area contributed by atoms with Crippen molar-refractivity contribution >= 4 is 45.5 Å². The van der Waals surface area contributed by atoms with Crippen LogP contribution in [0.25, 0.3) is 21.6 Å². The number of imidazole rings is 1. The van der Waals surface area contributed by atoms with Crippen molar-refractivity contribution < 1.29 is 14.9 Å². The molecule has 1 aliphatic heterocycles. The third-order valence-electron chi connectivity index (χ3n) is 3.55. The van der Waals surface area contributed by atoms with Gasteiger partial charge in [0.15, 0.2) is 23.4 Å². The summed E-state index contributed by atoms with van der Waals surface area (Å²) < 4.78 is 7.14. The molecule has 0 bridgehead atoms. The van der Waals surface area contributed by atoms with Gasteiger partial charge in [0.05, 0.1) is 6.33 Å². The summed E-state index contributed by atoms with van der Waals surface area (Å²) >= 11 is 1.90. The Hall–Kier alpha value is -1.93. The fraction of sp³-hybridized carbons (Fsp3) is 0.500. The maximum Gasteiger partial charge on any atom is 0.224 e. The molecule has 0 saturated carbocycles. The van der Waals surface area contributed by atoms with Crippen LogP contribution < -0.4 is 11.5 Å². The lowest BCUT2D eigenvalue weighted by molar-refractivity contribution is -0.0824. The van der Waals surface area contributed by atoms with Gasteiger partial charge in [-0.05, 0) is 5.53 Å². The van der Waals surface area contributed by atoms with Gasteiger partial charge in [-0.1, -0.05) is 27.7 Å². The van der Waals surface area contributed by atoms with Crippen LogP contribution in [0.5, 0.6) is 0 Å². The molecule has 13 heteroatoms. The summed E-state index contributed by atoms with van der Waals surface area (Å²) in [4.78, 5) is 14.6. The van der Waals surface area contributed by atoms with Gasteiger partial charge in [0.2, 0.25) is 5.95 Å². The number of aromatic nitrogens is 4. The number of rotatable bonds is 3. The quantitative estimate of drug-likeness (QED) is 0.166. The van der Waals surface area contributed by atoms with E-state index in [9.17, 15) is 10.2 Å². The number of aliphatic hydroxyl groups excluding tert-OH is 2. The predicted molar refractivity (Wildman–Crippen MR) is 87.0 cm³/mol. The van der Waals surface area contributed by atoms with Crippen LogP contribution in [0.4, 0.5) is 11.8 Å². The molecule has 2 aromatic rings. The minimum atomic E-state index is -1.60. The highest BCUT2D eigenvalue weighted by Crippen LogP contribution is 2.40. The van der Waals surface area contributed by atoms with Gasteiger partial charge in [0, 0.05) is 9.34 Å². The zero-order valence-corrected chi connectivity index (χ0v) is 13.6. The van der Waals surface area contributed by atoms with E-state index in [-0.39, 0.29) is 27.4 Å². The molecule has 1 aliphatic rings. The molecule has 2 aromatic heterocycles. The van der Waals surface area contributed by atoms with E-state index in [1.165, 1.54) is 10.9 Å². The second-order valence-electron chi connectivity index (χ2n) is 4.90. The van der Waals surface area contributed by atoms with E-state index in [4.69, 9.17) is 21.7 Å². The van der Waals surface area contributed by atoms with Crippen LogP contribution in [0.15, 0.2) is 11.4 Å². The van der Waals surface area contributed by atoms with Crippen LogP contribution in [0.3, 0.4) is 0 Å². The number of alkyl halides is 1. The van der Waals surface area contributed by atoms with Crippen LogP contribution in [0.2, 0.25) is 0 Å². The molecule has 122 valence electrons. The lowest BCUT2D eigenvalue weighted by Crippen LogP contribution is -2.42. The number of ether oxygens (including phenoxy) is 1. The minimum Gasteiger partial charge on any atom is -0.387 e. The van der Waals surface area contributed by atoms with E-state index < -0.39 is 24.2 Å². The zero-order chi connectivity index (χ0) is 16.8. The van der Waals surface area contributed by atoms with Crippen LogP contribution in [-0.4, -0.2) is 52.1 Å². The molecule has 0 unspecified atom stereocenters. The molecule has 0 radical (unpaired) electrons. The highest BCUT2D eigenvalue weighted by atomic mass is 127. The van der Waals surface area contributed by atoms with Crippen LogP contribution in [-0.2, 0) is 4.74 Å². The number of nitrogen functional groups attached to an aromatic ring is 2. The maximum atomic E-state index is 10.3. The van der Waals surface area contributed by atoms with Crippen LogP contribution in [0, 0.1) is 0 Å². The minimum absolute atomic E-state index is 0.0695. The Morgan fingerprint density at radius 2 is 2.22 bits per heavy atom. The molecule has 3 heterocycles. The normalized spacial score (nSPS) is 30.5. The fourth-order valence-electron chi connectivity index (χ4n) is 2.43. The van der Waals surface area contributed by atoms with Gasteiger partial charge < -0.3 is 26.4 Å². The highest BCUT2D eigenvalue weighted by Gasteiger charge is 2.54. The first-order valence-electron chi connectivity index (χ1n) is 6.35. The summed E-state index contributed by atoms with van der Waals surface area (Å²) in [6.45, 7) is 0. The van der Waals surface area contributed by atoms with Crippen molar-refractivity contribution in [3.8, 4) is 0 Å². The van der Waals surface area contributed by atoms with E-state index in [0.717, 1.165) is 0 Å². The summed E-state index contributed by atoms with van der Waals surface area (Å²) in [7, 11) is 0. The predicted octanol–water partition coefficient (Wildman–Crippen LogP) is -0.317. The molecular formula is C10H12IN9O3. The largest absolute Gasteiger partial charge is 0.387 e. The van der Waals surface area contributed by atoms with Crippen molar-refractivity contribution in [2.75, 3.05) is 15.9 Å². The number of aliphatic hydroxyl groups is 2. The lowest BCUT2D eigenvalue weighted by Gasteiger charge is -2.23. The number of nitrogens with zero attached hydrogens (tertiary/aromatic N) is 7. The average Bonchev–Trinajstić information content (AvgIpc) is 3.03. The van der Waals surface area contributed by atoms with Gasteiger partial charge >= 0.3 is 0 Å². The van der Waals surface area contributed by atoms with Gasteiger partial charge in [-0.3, -0.25) is 4.57 Å². The van der Waals surface area contributed by atoms with E-state index in [1.807, 2.05) is 22.6 Å². The summed E-state index contributed by atoms with van der Waals surface area (Å²) in [5.74, 6) is 0.00877. The van der Waals surface area contributed by atoms with Gasteiger partial charge in [0.1, 0.15) is 17.7 Å². The summed E-state index contributed by atoms with van der Waals surface area (Å²) in [6, 6.07) is 0. The van der Waals surface area contributed by atoms with Crippen molar-refractivity contribution in [3.05, 3.63) is 16.8 Å². The Morgan fingerprint density at radius 3 is 2.87 bits per heavy atom. The first-order valence-corrected chi connectivity index (χ1v) is 7.88. The number of hydrogen-bond donors (Lipinski definition) is 4. The van der Waals surface area contributed by atoms with Crippen molar-refractivity contribution in [2.45, 2.75) is 24.2 Å². The topological polar surface area (TPSA) is 194 Å². The Labute approximate surface area is 142 Å². The molecule has 1 fully saturated rings. The fourth-order valence-corrected chi connectivity index (χ4v) is 3.21. The third-order valence-corrected chi connectivity index (χ3v) is 4.64. The molecule has 0 amide bonds. The van der Waals surface area contributed by atoms with Crippen molar-refractivity contribution in [3.63, 3.8) is 0 Å². The summed E-state index contributed by atoms with van der Waals surface area (Å²) in [5, 5.41) is 24.0. The standard InChI is InChI=1S/C10H12IN9O3/c11-1-10(18-19-14)5(22)4(21)8(23-10)20-2-15-3-6(12)16-9(13)17-7(3)20/h2,4-5,8,21-22H,1H2,(H4,12,13,16,17)/t4-,5+,8-,10-/m1/s1. The Balaban J connectivity index is 2.11. The number of fused-ring (bicyclic) bond motifs is 1. The molecule has 4 atom stereocenters. The van der Waals surface area contributed by atoms with E-state index in [2.05, 4.69) is 25.0 Å². The van der Waals surface area contributed by atoms with Crippen LogP contribution >= 0.6 is 22.6 Å².